The Labute approximate surface area is 136 Å². The molecule has 5 nitrogen and oxygen atoms in total. The highest BCUT2D eigenvalue weighted by Crippen LogP contribution is 2.29. The number of carbonyl (C=O) groups excluding carboxylic acids is 1. The summed E-state index contributed by atoms with van der Waals surface area (Å²) in [7, 11) is 0. The van der Waals surface area contributed by atoms with Crippen molar-refractivity contribution >= 4 is 39.1 Å². The second-order valence-corrected chi connectivity index (χ2v) is 7.41. The van der Waals surface area contributed by atoms with Gasteiger partial charge >= 0.3 is 5.97 Å². The molecule has 0 aliphatic carbocycles. The minimum Gasteiger partial charge on any atom is -0.480 e. The van der Waals surface area contributed by atoms with Crippen LogP contribution in [0.4, 0.5) is 0 Å². The van der Waals surface area contributed by atoms with E-state index in [1.54, 1.807) is 0 Å². The maximum absolute atomic E-state index is 12.5. The lowest BCUT2D eigenvalue weighted by atomic mass is 9.98. The predicted molar refractivity (Wildman–Crippen MR) is 83.8 cm³/mol. The van der Waals surface area contributed by atoms with E-state index in [4.69, 9.17) is 9.84 Å². The highest BCUT2D eigenvalue weighted by Gasteiger charge is 2.26. The topological polar surface area (TPSA) is 66.8 Å². The summed E-state index contributed by atoms with van der Waals surface area (Å²) < 4.78 is 6.14. The number of carboxylic acids is 1. The van der Waals surface area contributed by atoms with Crippen molar-refractivity contribution in [3.8, 4) is 0 Å². The summed E-state index contributed by atoms with van der Waals surface area (Å²) in [5, 5.41) is 10.5. The fraction of sp³-hybridized carbons (Fsp3) is 0.571. The van der Waals surface area contributed by atoms with Crippen LogP contribution in [0.3, 0.4) is 0 Å². The Morgan fingerprint density at radius 1 is 1.57 bits per heavy atom. The van der Waals surface area contributed by atoms with E-state index in [0.717, 1.165) is 34.3 Å². The van der Waals surface area contributed by atoms with Crippen LogP contribution < -0.4 is 0 Å². The summed E-state index contributed by atoms with van der Waals surface area (Å²) in [4.78, 5) is 24.8. The fourth-order valence-corrected chi connectivity index (χ4v) is 3.75. The van der Waals surface area contributed by atoms with Gasteiger partial charge in [-0.15, -0.1) is 11.3 Å². The van der Waals surface area contributed by atoms with Gasteiger partial charge in [-0.25, -0.2) is 4.79 Å². The maximum Gasteiger partial charge on any atom is 0.329 e. The first-order valence-electron chi connectivity index (χ1n) is 6.81. The summed E-state index contributed by atoms with van der Waals surface area (Å²) in [5.41, 5.74) is 1.73. The van der Waals surface area contributed by atoms with Crippen LogP contribution in [0.5, 0.6) is 0 Å². The Morgan fingerprint density at radius 2 is 2.33 bits per heavy atom. The van der Waals surface area contributed by atoms with Gasteiger partial charge in [0.25, 0.3) is 5.91 Å². The van der Waals surface area contributed by atoms with E-state index in [-0.39, 0.29) is 18.4 Å². The van der Waals surface area contributed by atoms with Gasteiger partial charge in [0.1, 0.15) is 6.61 Å². The molecule has 1 amide bonds. The van der Waals surface area contributed by atoms with Crippen LogP contribution in [-0.2, 0) is 9.53 Å². The number of likely N-dealkylation sites (tertiary alicyclic amines) is 1. The van der Waals surface area contributed by atoms with E-state index in [0.29, 0.717) is 13.2 Å². The number of carboxylic acid groups (broad SMARTS) is 1. The summed E-state index contributed by atoms with van der Waals surface area (Å²) in [6, 6.07) is 0. The molecule has 1 atom stereocenters. The van der Waals surface area contributed by atoms with Gasteiger partial charge in [-0.1, -0.05) is 0 Å². The number of piperidine rings is 1. The Bertz CT molecular complexity index is 531. The van der Waals surface area contributed by atoms with Crippen LogP contribution in [0.2, 0.25) is 0 Å². The van der Waals surface area contributed by atoms with Crippen molar-refractivity contribution in [2.45, 2.75) is 19.8 Å². The predicted octanol–water partition coefficient (Wildman–Crippen LogP) is 2.77. The van der Waals surface area contributed by atoms with E-state index in [9.17, 15) is 9.59 Å². The number of carbonyl (C=O) groups is 2. The first-order chi connectivity index (χ1) is 9.99. The monoisotopic (exact) mass is 375 g/mol. The lowest BCUT2D eigenvalue weighted by Gasteiger charge is -2.32. The standard InChI is InChI=1S/C14H18BrNO4S/c1-9-11(8-21-13(9)15)14(19)16-4-2-3-10(5-16)6-20-7-12(17)18/h8,10H,2-7H2,1H3,(H,17,18). The third-order valence-corrected chi connectivity index (χ3v) is 5.62. The minimum atomic E-state index is -0.961. The fourth-order valence-electron chi connectivity index (χ4n) is 2.47. The van der Waals surface area contributed by atoms with Crippen LogP contribution in [0, 0.1) is 12.8 Å². The van der Waals surface area contributed by atoms with Gasteiger partial charge in [-0.05, 0) is 47.2 Å². The molecule has 7 heteroatoms. The number of hydrogen-bond donors (Lipinski definition) is 1. The van der Waals surface area contributed by atoms with Crippen molar-refractivity contribution in [1.82, 2.24) is 4.90 Å². The molecule has 1 aromatic heterocycles. The van der Waals surface area contributed by atoms with Gasteiger partial charge < -0.3 is 14.7 Å². The molecule has 2 rings (SSSR count). The molecule has 1 N–H and O–H groups in total. The SMILES string of the molecule is Cc1c(C(=O)N2CCCC(COCC(=O)O)C2)csc1Br. The highest BCUT2D eigenvalue weighted by atomic mass is 79.9. The van der Waals surface area contributed by atoms with Crippen LogP contribution in [0.15, 0.2) is 9.17 Å². The van der Waals surface area contributed by atoms with Crippen LogP contribution in [-0.4, -0.2) is 48.2 Å². The van der Waals surface area contributed by atoms with Crippen molar-refractivity contribution in [2.24, 2.45) is 5.92 Å². The number of amides is 1. The van der Waals surface area contributed by atoms with Gasteiger partial charge in [-0.2, -0.15) is 0 Å². The summed E-state index contributed by atoms with van der Waals surface area (Å²) in [6.07, 6.45) is 1.90. The number of thiophene rings is 1. The summed E-state index contributed by atoms with van der Waals surface area (Å²) in [5.74, 6) is -0.695. The average molecular weight is 376 g/mol. The molecule has 0 bridgehead atoms. The van der Waals surface area contributed by atoms with Crippen LogP contribution in [0.25, 0.3) is 0 Å². The number of aliphatic carboxylic acids is 1. The van der Waals surface area contributed by atoms with Gasteiger partial charge in [0.15, 0.2) is 0 Å². The molecular weight excluding hydrogens is 358 g/mol. The molecule has 116 valence electrons. The van der Waals surface area contributed by atoms with E-state index in [1.165, 1.54) is 11.3 Å². The quantitative estimate of drug-likeness (QED) is 0.858. The molecule has 0 spiro atoms. The van der Waals surface area contributed by atoms with Crippen molar-refractivity contribution in [2.75, 3.05) is 26.3 Å². The third-order valence-electron chi connectivity index (χ3n) is 3.59. The van der Waals surface area contributed by atoms with Gasteiger partial charge in [0.2, 0.25) is 0 Å². The van der Waals surface area contributed by atoms with Gasteiger partial charge in [0.05, 0.1) is 16.0 Å². The van der Waals surface area contributed by atoms with Gasteiger partial charge in [0, 0.05) is 18.5 Å². The summed E-state index contributed by atoms with van der Waals surface area (Å²) >= 11 is 4.96. The zero-order chi connectivity index (χ0) is 15.4. The lowest BCUT2D eigenvalue weighted by Crippen LogP contribution is -2.41. The normalized spacial score (nSPS) is 18.8. The number of nitrogens with zero attached hydrogens (tertiary/aromatic N) is 1. The third kappa shape index (κ3) is 4.28. The highest BCUT2D eigenvalue weighted by molar-refractivity contribution is 9.11. The average Bonchev–Trinajstić information content (AvgIpc) is 2.78. The molecule has 1 aliphatic rings. The number of hydrogen-bond acceptors (Lipinski definition) is 4. The lowest BCUT2D eigenvalue weighted by molar-refractivity contribution is -0.142. The first kappa shape index (κ1) is 16.5. The van der Waals surface area contributed by atoms with Crippen LogP contribution in [0.1, 0.15) is 28.8 Å². The van der Waals surface area contributed by atoms with Crippen molar-refractivity contribution in [1.29, 1.82) is 0 Å². The second kappa shape index (κ2) is 7.38. The minimum absolute atomic E-state index is 0.0531. The van der Waals surface area contributed by atoms with Gasteiger partial charge in [-0.3, -0.25) is 4.79 Å². The number of rotatable bonds is 5. The van der Waals surface area contributed by atoms with Crippen molar-refractivity contribution < 1.29 is 19.4 Å². The van der Waals surface area contributed by atoms with Crippen molar-refractivity contribution in [3.05, 3.63) is 20.3 Å². The smallest absolute Gasteiger partial charge is 0.329 e. The molecular formula is C14H18BrNO4S. The Kier molecular flexibility index (Phi) is 5.78. The Morgan fingerprint density at radius 3 is 2.95 bits per heavy atom. The maximum atomic E-state index is 12.5. The Balaban J connectivity index is 1.92. The van der Waals surface area contributed by atoms with E-state index in [1.807, 2.05) is 17.2 Å². The first-order valence-corrected chi connectivity index (χ1v) is 8.48. The molecule has 1 saturated heterocycles. The van der Waals surface area contributed by atoms with E-state index < -0.39 is 5.97 Å². The molecule has 1 unspecified atom stereocenters. The number of halogens is 1. The molecule has 1 aromatic rings. The van der Waals surface area contributed by atoms with Crippen molar-refractivity contribution in [3.63, 3.8) is 0 Å². The van der Waals surface area contributed by atoms with Crippen LogP contribution >= 0.6 is 27.3 Å². The molecule has 1 fully saturated rings. The second-order valence-electron chi connectivity index (χ2n) is 5.22. The number of ether oxygens (including phenoxy) is 1. The molecule has 21 heavy (non-hydrogen) atoms. The van der Waals surface area contributed by atoms with E-state index >= 15 is 0 Å². The molecule has 0 radical (unpaired) electrons. The zero-order valence-electron chi connectivity index (χ0n) is 11.8. The zero-order valence-corrected chi connectivity index (χ0v) is 14.2. The molecule has 1 aliphatic heterocycles. The molecule has 0 aromatic carbocycles. The van der Waals surface area contributed by atoms with E-state index in [2.05, 4.69) is 15.9 Å². The molecule has 2 heterocycles. The Hall–Kier alpha value is -0.920. The largest absolute Gasteiger partial charge is 0.480 e. The summed E-state index contributed by atoms with van der Waals surface area (Å²) in [6.45, 7) is 3.43. The molecule has 0 saturated carbocycles.